The van der Waals surface area contributed by atoms with Crippen LogP contribution in [0.15, 0.2) is 18.6 Å². The zero-order chi connectivity index (χ0) is 13.2. The molecule has 0 aliphatic carbocycles. The normalized spacial score (nSPS) is 23.7. The molecule has 0 aromatic carbocycles. The van der Waals surface area contributed by atoms with Gasteiger partial charge in [0.25, 0.3) is 0 Å². The van der Waals surface area contributed by atoms with E-state index in [9.17, 15) is 5.11 Å². The van der Waals surface area contributed by atoms with Gasteiger partial charge in [-0.15, -0.1) is 0 Å². The summed E-state index contributed by atoms with van der Waals surface area (Å²) in [5.74, 6) is 1.33. The van der Waals surface area contributed by atoms with E-state index < -0.39 is 0 Å². The Morgan fingerprint density at radius 3 is 3.16 bits per heavy atom. The predicted octanol–water partition coefficient (Wildman–Crippen LogP) is 0.712. The Morgan fingerprint density at radius 1 is 1.47 bits per heavy atom. The third-order valence-electron chi connectivity index (χ3n) is 3.94. The maximum Gasteiger partial charge on any atom is 0.143 e. The highest BCUT2D eigenvalue weighted by Gasteiger charge is 2.28. The van der Waals surface area contributed by atoms with Gasteiger partial charge in [0.1, 0.15) is 24.5 Å². The highest BCUT2D eigenvalue weighted by molar-refractivity contribution is 5.87. The number of nitrogens with one attached hydrogen (secondary N) is 2. The summed E-state index contributed by atoms with van der Waals surface area (Å²) in [7, 11) is 0. The topological polar surface area (TPSA) is 77.1 Å². The average molecular weight is 261 g/mol. The van der Waals surface area contributed by atoms with Gasteiger partial charge in [-0.3, -0.25) is 0 Å². The van der Waals surface area contributed by atoms with Gasteiger partial charge in [-0.25, -0.2) is 9.97 Å². The number of rotatable bonds is 3. The summed E-state index contributed by atoms with van der Waals surface area (Å²) < 4.78 is 0. The zero-order valence-corrected chi connectivity index (χ0v) is 11.0. The minimum Gasteiger partial charge on any atom is -0.376 e. The SMILES string of the molecule is C[C@@H]1CCNC[C@@H]1N(CO)c1ncnc2[nH]ccc12. The van der Waals surface area contributed by atoms with E-state index in [1.807, 2.05) is 17.2 Å². The summed E-state index contributed by atoms with van der Waals surface area (Å²) in [6.07, 6.45) is 4.50. The highest BCUT2D eigenvalue weighted by atomic mass is 16.3. The number of aromatic amines is 1. The van der Waals surface area contributed by atoms with E-state index in [2.05, 4.69) is 27.2 Å². The van der Waals surface area contributed by atoms with Crippen molar-refractivity contribution < 1.29 is 5.11 Å². The van der Waals surface area contributed by atoms with Crippen molar-refractivity contribution in [3.05, 3.63) is 18.6 Å². The number of hydrogen-bond donors (Lipinski definition) is 3. The van der Waals surface area contributed by atoms with Gasteiger partial charge in [0, 0.05) is 18.8 Å². The van der Waals surface area contributed by atoms with Crippen LogP contribution in [0, 0.1) is 5.92 Å². The van der Waals surface area contributed by atoms with E-state index in [0.717, 1.165) is 36.4 Å². The van der Waals surface area contributed by atoms with Gasteiger partial charge in [-0.2, -0.15) is 0 Å². The summed E-state index contributed by atoms with van der Waals surface area (Å²) >= 11 is 0. The third kappa shape index (κ3) is 2.17. The molecule has 102 valence electrons. The number of anilines is 1. The van der Waals surface area contributed by atoms with Crippen molar-refractivity contribution in [3.8, 4) is 0 Å². The van der Waals surface area contributed by atoms with E-state index in [1.54, 1.807) is 0 Å². The molecule has 1 fully saturated rings. The van der Waals surface area contributed by atoms with Crippen LogP contribution >= 0.6 is 0 Å². The molecule has 2 atom stereocenters. The van der Waals surface area contributed by atoms with Crippen LogP contribution in [0.3, 0.4) is 0 Å². The number of H-pyrrole nitrogens is 1. The molecular weight excluding hydrogens is 242 g/mol. The number of aliphatic hydroxyl groups excluding tert-OH is 1. The van der Waals surface area contributed by atoms with E-state index in [-0.39, 0.29) is 12.8 Å². The van der Waals surface area contributed by atoms with Gasteiger partial charge in [0.2, 0.25) is 0 Å². The fourth-order valence-electron chi connectivity index (χ4n) is 2.81. The van der Waals surface area contributed by atoms with Crippen LogP contribution in [-0.2, 0) is 0 Å². The van der Waals surface area contributed by atoms with Gasteiger partial charge >= 0.3 is 0 Å². The maximum atomic E-state index is 9.77. The third-order valence-corrected chi connectivity index (χ3v) is 3.94. The molecule has 3 heterocycles. The first-order valence-corrected chi connectivity index (χ1v) is 6.67. The van der Waals surface area contributed by atoms with Crippen LogP contribution < -0.4 is 10.2 Å². The highest BCUT2D eigenvalue weighted by Crippen LogP contribution is 2.27. The summed E-state index contributed by atoms with van der Waals surface area (Å²) in [5, 5.41) is 14.1. The number of piperidine rings is 1. The van der Waals surface area contributed by atoms with E-state index in [1.165, 1.54) is 6.33 Å². The van der Waals surface area contributed by atoms with Gasteiger partial charge in [-0.1, -0.05) is 6.92 Å². The Kier molecular flexibility index (Phi) is 3.35. The van der Waals surface area contributed by atoms with Crippen molar-refractivity contribution in [2.24, 2.45) is 5.92 Å². The number of aliphatic hydroxyl groups is 1. The van der Waals surface area contributed by atoms with Crippen LogP contribution in [0.5, 0.6) is 0 Å². The Hall–Kier alpha value is -1.66. The molecule has 6 heteroatoms. The minimum absolute atomic E-state index is 0.0337. The van der Waals surface area contributed by atoms with Crippen LogP contribution in [-0.4, -0.2) is 45.9 Å². The molecule has 0 radical (unpaired) electrons. The first-order chi connectivity index (χ1) is 9.31. The summed E-state index contributed by atoms with van der Waals surface area (Å²) in [4.78, 5) is 13.6. The zero-order valence-electron chi connectivity index (χ0n) is 11.0. The lowest BCUT2D eigenvalue weighted by atomic mass is 9.93. The van der Waals surface area contributed by atoms with Crippen molar-refractivity contribution in [3.63, 3.8) is 0 Å². The maximum absolute atomic E-state index is 9.77. The Bertz CT molecular complexity index is 555. The van der Waals surface area contributed by atoms with Crippen molar-refractivity contribution in [2.75, 3.05) is 24.7 Å². The Balaban J connectivity index is 1.99. The molecule has 1 saturated heterocycles. The largest absolute Gasteiger partial charge is 0.376 e. The number of aromatic nitrogens is 3. The first kappa shape index (κ1) is 12.4. The van der Waals surface area contributed by atoms with Crippen molar-refractivity contribution in [2.45, 2.75) is 19.4 Å². The van der Waals surface area contributed by atoms with Crippen LogP contribution in [0.2, 0.25) is 0 Å². The molecule has 2 aromatic rings. The molecule has 6 nitrogen and oxygen atoms in total. The average Bonchev–Trinajstić information content (AvgIpc) is 2.91. The van der Waals surface area contributed by atoms with Gasteiger partial charge < -0.3 is 20.3 Å². The fourth-order valence-corrected chi connectivity index (χ4v) is 2.81. The molecule has 0 saturated carbocycles. The molecule has 0 amide bonds. The molecule has 3 rings (SSSR count). The fraction of sp³-hybridized carbons (Fsp3) is 0.538. The van der Waals surface area contributed by atoms with Crippen molar-refractivity contribution in [1.29, 1.82) is 0 Å². The Morgan fingerprint density at radius 2 is 2.37 bits per heavy atom. The first-order valence-electron chi connectivity index (χ1n) is 6.67. The molecule has 0 spiro atoms. The predicted molar refractivity (Wildman–Crippen MR) is 73.9 cm³/mol. The van der Waals surface area contributed by atoms with E-state index >= 15 is 0 Å². The molecular formula is C13H19N5O. The molecule has 19 heavy (non-hydrogen) atoms. The molecule has 1 aliphatic rings. The number of nitrogens with zero attached hydrogens (tertiary/aromatic N) is 3. The molecule has 0 unspecified atom stereocenters. The van der Waals surface area contributed by atoms with Gasteiger partial charge in [-0.05, 0) is 24.9 Å². The van der Waals surface area contributed by atoms with Crippen molar-refractivity contribution >= 4 is 16.9 Å². The van der Waals surface area contributed by atoms with Gasteiger partial charge in [0.15, 0.2) is 0 Å². The second-order valence-corrected chi connectivity index (χ2v) is 5.09. The van der Waals surface area contributed by atoms with Crippen molar-refractivity contribution in [1.82, 2.24) is 20.3 Å². The standard InChI is InChI=1S/C13H19N5O/c1-9-2-4-14-6-11(9)18(8-19)13-10-3-5-15-12(10)16-7-17-13/h3,5,7,9,11,14,19H,2,4,6,8H2,1H3,(H,15,16,17)/t9-,11+/m1/s1. The number of hydrogen-bond acceptors (Lipinski definition) is 5. The lowest BCUT2D eigenvalue weighted by Gasteiger charge is -2.38. The minimum atomic E-state index is -0.0337. The van der Waals surface area contributed by atoms with Crippen LogP contribution in [0.4, 0.5) is 5.82 Å². The molecule has 2 aromatic heterocycles. The van der Waals surface area contributed by atoms with Crippen LogP contribution in [0.1, 0.15) is 13.3 Å². The van der Waals surface area contributed by atoms with E-state index in [4.69, 9.17) is 0 Å². The summed E-state index contributed by atoms with van der Waals surface area (Å²) in [6.45, 7) is 4.11. The second kappa shape index (κ2) is 5.14. The quantitative estimate of drug-likeness (QED) is 0.709. The molecule has 0 bridgehead atoms. The second-order valence-electron chi connectivity index (χ2n) is 5.09. The molecule has 3 N–H and O–H groups in total. The van der Waals surface area contributed by atoms with Crippen LogP contribution in [0.25, 0.3) is 11.0 Å². The monoisotopic (exact) mass is 261 g/mol. The summed E-state index contributed by atoms with van der Waals surface area (Å²) in [6, 6.07) is 2.21. The van der Waals surface area contributed by atoms with Gasteiger partial charge in [0.05, 0.1) is 5.39 Å². The summed E-state index contributed by atoms with van der Waals surface area (Å²) in [5.41, 5.74) is 0.805. The molecule has 1 aliphatic heterocycles. The number of fused-ring (bicyclic) bond motifs is 1. The lowest BCUT2D eigenvalue weighted by Crippen LogP contribution is -2.51. The lowest BCUT2D eigenvalue weighted by molar-refractivity contribution is 0.238. The Labute approximate surface area is 111 Å². The van der Waals surface area contributed by atoms with E-state index in [0.29, 0.717) is 5.92 Å². The smallest absolute Gasteiger partial charge is 0.143 e.